The second-order valence-electron chi connectivity index (χ2n) is 2.61. The lowest BCUT2D eigenvalue weighted by Gasteiger charge is -2.30. The van der Waals surface area contributed by atoms with E-state index >= 15 is 0 Å². The minimum atomic E-state index is -2.72. The van der Waals surface area contributed by atoms with Crippen LogP contribution in [0.2, 0.25) is 0 Å². The van der Waals surface area contributed by atoms with Crippen molar-refractivity contribution in [3.8, 4) is 0 Å². The van der Waals surface area contributed by atoms with Gasteiger partial charge < -0.3 is 10.4 Å². The topological polar surface area (TPSA) is 32.3 Å². The summed E-state index contributed by atoms with van der Waals surface area (Å²) in [5, 5.41) is 11.1. The minimum Gasteiger partial charge on any atom is -0.396 e. The van der Waals surface area contributed by atoms with Crippen molar-refractivity contribution in [1.82, 2.24) is 5.32 Å². The van der Waals surface area contributed by atoms with Crippen LogP contribution in [-0.2, 0) is 0 Å². The summed E-state index contributed by atoms with van der Waals surface area (Å²) in [6.07, 6.45) is 0.365. The second kappa shape index (κ2) is 4.18. The standard InChI is InChI=1S/C6H11F2NO.ClH/c7-6(8)4-9-2-1-5(6)3-10;/h5,9-10H,1-4H2;1H. The van der Waals surface area contributed by atoms with Crippen LogP contribution in [0.4, 0.5) is 8.78 Å². The number of halogens is 3. The van der Waals surface area contributed by atoms with Gasteiger partial charge in [0.1, 0.15) is 0 Å². The van der Waals surface area contributed by atoms with E-state index in [-0.39, 0.29) is 19.0 Å². The molecule has 1 heterocycles. The van der Waals surface area contributed by atoms with Crippen molar-refractivity contribution in [3.63, 3.8) is 0 Å². The Kier molecular flexibility index (Phi) is 4.21. The van der Waals surface area contributed by atoms with Gasteiger partial charge in [-0.1, -0.05) is 0 Å². The van der Waals surface area contributed by atoms with Crippen LogP contribution < -0.4 is 5.32 Å². The smallest absolute Gasteiger partial charge is 0.265 e. The van der Waals surface area contributed by atoms with Crippen molar-refractivity contribution >= 4 is 12.4 Å². The van der Waals surface area contributed by atoms with E-state index < -0.39 is 18.4 Å². The molecule has 1 rings (SSSR count). The molecule has 68 valence electrons. The number of aliphatic hydroxyl groups excluding tert-OH is 1. The SMILES string of the molecule is Cl.OCC1CCNCC1(F)F. The third kappa shape index (κ3) is 2.54. The Balaban J connectivity index is 0.000001000. The van der Waals surface area contributed by atoms with Crippen LogP contribution in [0.25, 0.3) is 0 Å². The lowest BCUT2D eigenvalue weighted by Crippen LogP contribution is -2.47. The molecule has 1 atom stereocenters. The second-order valence-corrected chi connectivity index (χ2v) is 2.61. The number of hydrogen-bond donors (Lipinski definition) is 2. The molecule has 0 bridgehead atoms. The predicted molar refractivity (Wildman–Crippen MR) is 40.3 cm³/mol. The van der Waals surface area contributed by atoms with Gasteiger partial charge in [-0.25, -0.2) is 8.78 Å². The van der Waals surface area contributed by atoms with Crippen molar-refractivity contribution in [2.75, 3.05) is 19.7 Å². The fraction of sp³-hybridized carbons (Fsp3) is 1.00. The highest BCUT2D eigenvalue weighted by Crippen LogP contribution is 2.28. The summed E-state index contributed by atoms with van der Waals surface area (Å²) in [6, 6.07) is 0. The molecule has 0 spiro atoms. The van der Waals surface area contributed by atoms with Crippen LogP contribution in [0.15, 0.2) is 0 Å². The molecular weight excluding hydrogens is 176 g/mol. The van der Waals surface area contributed by atoms with Gasteiger partial charge in [0, 0.05) is 5.92 Å². The van der Waals surface area contributed by atoms with Crippen LogP contribution in [0.1, 0.15) is 6.42 Å². The zero-order chi connectivity index (χ0) is 7.61. The Morgan fingerprint density at radius 3 is 2.55 bits per heavy atom. The van der Waals surface area contributed by atoms with E-state index in [0.717, 1.165) is 0 Å². The molecule has 0 aliphatic carbocycles. The zero-order valence-electron chi connectivity index (χ0n) is 6.02. The normalized spacial score (nSPS) is 29.2. The van der Waals surface area contributed by atoms with E-state index in [1.807, 2.05) is 0 Å². The van der Waals surface area contributed by atoms with Crippen molar-refractivity contribution in [3.05, 3.63) is 0 Å². The fourth-order valence-electron chi connectivity index (χ4n) is 1.11. The molecule has 1 fully saturated rings. The van der Waals surface area contributed by atoms with Crippen LogP contribution >= 0.6 is 12.4 Å². The van der Waals surface area contributed by atoms with Crippen molar-refractivity contribution in [2.45, 2.75) is 12.3 Å². The highest BCUT2D eigenvalue weighted by Gasteiger charge is 2.40. The summed E-state index contributed by atoms with van der Waals surface area (Å²) in [6.45, 7) is -0.117. The van der Waals surface area contributed by atoms with Crippen LogP contribution in [-0.4, -0.2) is 30.7 Å². The average molecular weight is 188 g/mol. The Morgan fingerprint density at radius 1 is 1.55 bits per heavy atom. The van der Waals surface area contributed by atoms with Gasteiger partial charge in [0.15, 0.2) is 0 Å². The lowest BCUT2D eigenvalue weighted by molar-refractivity contribution is -0.0896. The van der Waals surface area contributed by atoms with Gasteiger partial charge in [-0.05, 0) is 13.0 Å². The predicted octanol–water partition coefficient (Wildman–Crippen LogP) is 0.645. The van der Waals surface area contributed by atoms with Gasteiger partial charge in [0.2, 0.25) is 0 Å². The third-order valence-electron chi connectivity index (χ3n) is 1.85. The molecular formula is C6H12ClF2NO. The lowest BCUT2D eigenvalue weighted by atomic mass is 9.95. The number of alkyl halides is 2. The molecule has 1 aliphatic rings. The van der Waals surface area contributed by atoms with E-state index in [9.17, 15) is 8.78 Å². The summed E-state index contributed by atoms with van der Waals surface area (Å²) in [4.78, 5) is 0. The summed E-state index contributed by atoms with van der Waals surface area (Å²) >= 11 is 0. The average Bonchev–Trinajstić information content (AvgIpc) is 1.87. The van der Waals surface area contributed by atoms with Gasteiger partial charge in [0.25, 0.3) is 5.92 Å². The molecule has 1 unspecified atom stereocenters. The summed E-state index contributed by atoms with van der Waals surface area (Å²) < 4.78 is 25.3. The Hall–Kier alpha value is 0.0700. The number of hydrogen-bond acceptors (Lipinski definition) is 2. The van der Waals surface area contributed by atoms with Crippen LogP contribution in [0, 0.1) is 5.92 Å². The van der Waals surface area contributed by atoms with Gasteiger partial charge in [-0.3, -0.25) is 0 Å². The third-order valence-corrected chi connectivity index (χ3v) is 1.85. The minimum absolute atomic E-state index is 0. The largest absolute Gasteiger partial charge is 0.396 e. The maximum absolute atomic E-state index is 12.6. The zero-order valence-corrected chi connectivity index (χ0v) is 6.83. The molecule has 1 saturated heterocycles. The number of nitrogens with one attached hydrogen (secondary N) is 1. The van der Waals surface area contributed by atoms with Gasteiger partial charge in [-0.15, -0.1) is 12.4 Å². The highest BCUT2D eigenvalue weighted by atomic mass is 35.5. The summed E-state index contributed by atoms with van der Waals surface area (Å²) in [7, 11) is 0. The van der Waals surface area contributed by atoms with E-state index in [2.05, 4.69) is 5.32 Å². The van der Waals surface area contributed by atoms with E-state index in [0.29, 0.717) is 13.0 Å². The first-order valence-corrected chi connectivity index (χ1v) is 3.36. The maximum atomic E-state index is 12.6. The monoisotopic (exact) mass is 187 g/mol. The van der Waals surface area contributed by atoms with Gasteiger partial charge in [-0.2, -0.15) is 0 Å². The van der Waals surface area contributed by atoms with Crippen LogP contribution in [0.3, 0.4) is 0 Å². The van der Waals surface area contributed by atoms with Gasteiger partial charge in [0.05, 0.1) is 13.2 Å². The Morgan fingerprint density at radius 2 is 2.18 bits per heavy atom. The molecule has 0 aromatic carbocycles. The van der Waals surface area contributed by atoms with Crippen molar-refractivity contribution < 1.29 is 13.9 Å². The van der Waals surface area contributed by atoms with Gasteiger partial charge >= 0.3 is 0 Å². The molecule has 2 N–H and O–H groups in total. The molecule has 0 amide bonds. The molecule has 5 heteroatoms. The Bertz CT molecular complexity index is 123. The maximum Gasteiger partial charge on any atom is 0.265 e. The molecule has 2 nitrogen and oxygen atoms in total. The van der Waals surface area contributed by atoms with Crippen LogP contribution in [0.5, 0.6) is 0 Å². The number of rotatable bonds is 1. The first-order valence-electron chi connectivity index (χ1n) is 3.36. The van der Waals surface area contributed by atoms with E-state index in [1.54, 1.807) is 0 Å². The fourth-order valence-corrected chi connectivity index (χ4v) is 1.11. The van der Waals surface area contributed by atoms with Crippen molar-refractivity contribution in [1.29, 1.82) is 0 Å². The summed E-state index contributed by atoms with van der Waals surface area (Å²) in [5.74, 6) is -3.55. The number of piperidine rings is 1. The molecule has 0 aromatic heterocycles. The van der Waals surface area contributed by atoms with E-state index in [4.69, 9.17) is 5.11 Å². The first kappa shape index (κ1) is 11.1. The van der Waals surface area contributed by atoms with E-state index in [1.165, 1.54) is 0 Å². The number of aliphatic hydroxyl groups is 1. The quantitative estimate of drug-likeness (QED) is 0.632. The Labute approximate surface area is 70.4 Å². The highest BCUT2D eigenvalue weighted by molar-refractivity contribution is 5.85. The molecule has 1 aliphatic heterocycles. The molecule has 0 aromatic rings. The summed E-state index contributed by atoms with van der Waals surface area (Å²) in [5.41, 5.74) is 0. The molecule has 0 saturated carbocycles. The molecule has 11 heavy (non-hydrogen) atoms. The molecule has 0 radical (unpaired) electrons. The van der Waals surface area contributed by atoms with Crippen molar-refractivity contribution in [2.24, 2.45) is 5.92 Å². The first-order chi connectivity index (χ1) is 4.67.